The Labute approximate surface area is 211 Å². The number of pyridine rings is 1. The minimum atomic E-state index is -4.91. The smallest absolute Gasteiger partial charge is 0.357 e. The molecule has 1 saturated heterocycles. The van der Waals surface area contributed by atoms with Crippen molar-refractivity contribution in [2.45, 2.75) is 75.0 Å². The van der Waals surface area contributed by atoms with Gasteiger partial charge in [0.2, 0.25) is 5.91 Å². The molecule has 0 spiro atoms. The number of nitrogens with zero attached hydrogens (tertiary/aromatic N) is 4. The molecule has 2 aliphatic rings. The molecule has 200 valence electrons. The summed E-state index contributed by atoms with van der Waals surface area (Å²) in [5, 5.41) is 33.2. The molecule has 1 aliphatic heterocycles. The van der Waals surface area contributed by atoms with E-state index < -0.39 is 56.4 Å². The largest absolute Gasteiger partial charge is 0.387 e. The molecule has 2 fully saturated rings. The zero-order valence-corrected chi connectivity index (χ0v) is 21.4. The Hall–Kier alpha value is -1.90. The molecule has 3 heterocycles. The average Bonchev–Trinajstić information content (AvgIpc) is 3.53. The van der Waals surface area contributed by atoms with E-state index in [-0.39, 0.29) is 16.8 Å². The van der Waals surface area contributed by atoms with Gasteiger partial charge in [0.25, 0.3) is 0 Å². The summed E-state index contributed by atoms with van der Waals surface area (Å²) in [5.74, 6) is -0.648. The van der Waals surface area contributed by atoms with Gasteiger partial charge in [0, 0.05) is 19.2 Å². The Balaban J connectivity index is 1.54. The maximum absolute atomic E-state index is 12.0. The molecule has 0 aromatic carbocycles. The number of nitrogens with one attached hydrogen (secondary N) is 2. The van der Waals surface area contributed by atoms with Crippen LogP contribution in [-0.2, 0) is 18.8 Å². The molecule has 4 rings (SSSR count). The van der Waals surface area contributed by atoms with Gasteiger partial charge < -0.3 is 40.1 Å². The number of hydrogen-bond acceptors (Lipinski definition) is 10. The fourth-order valence-electron chi connectivity index (χ4n) is 4.41. The second-order valence-electron chi connectivity index (χ2n) is 9.25. The zero-order chi connectivity index (χ0) is 26.3. The maximum atomic E-state index is 12.0. The standard InChI is InChI=1S/C20H30ClN6O8P/c1-20(36(31,32)33,8-14(28)22-2)34-9-12-16(29)17(30)19(35-12)27-18-15(25-26-27)11(7-13(21)24-18)23-10-5-3-4-6-10/h7,10,12,16-17,19,29-30H,3-6,8-9H2,1-2H3,(H,22,28)(H,23,24)(H2,31,32,33)/t12-,16-,17-,19-,20?/m1/s1. The lowest BCUT2D eigenvalue weighted by Gasteiger charge is -2.31. The molecular formula is C20H30ClN6O8P. The number of rotatable bonds is 9. The lowest BCUT2D eigenvalue weighted by atomic mass is 10.1. The molecule has 6 N–H and O–H groups in total. The van der Waals surface area contributed by atoms with Crippen LogP contribution in [0.5, 0.6) is 0 Å². The maximum Gasteiger partial charge on any atom is 0.357 e. The molecule has 1 aliphatic carbocycles. The van der Waals surface area contributed by atoms with Gasteiger partial charge >= 0.3 is 7.60 Å². The van der Waals surface area contributed by atoms with Gasteiger partial charge in [-0.15, -0.1) is 5.10 Å². The predicted molar refractivity (Wildman–Crippen MR) is 127 cm³/mol. The number of ether oxygens (including phenoxy) is 2. The predicted octanol–water partition coefficient (Wildman–Crippen LogP) is 0.500. The summed E-state index contributed by atoms with van der Waals surface area (Å²) in [6.45, 7) is 0.566. The van der Waals surface area contributed by atoms with Gasteiger partial charge in [0.15, 0.2) is 22.7 Å². The first kappa shape index (κ1) is 27.1. The number of fused-ring (bicyclic) bond motifs is 1. The Morgan fingerprint density at radius 2 is 2.03 bits per heavy atom. The summed E-state index contributed by atoms with van der Waals surface area (Å²) in [7, 11) is -3.58. The Morgan fingerprint density at radius 3 is 2.67 bits per heavy atom. The van der Waals surface area contributed by atoms with E-state index in [1.807, 2.05) is 0 Å². The topological polar surface area (TPSA) is 201 Å². The first-order valence-corrected chi connectivity index (χ1v) is 13.5. The van der Waals surface area contributed by atoms with E-state index in [1.165, 1.54) is 11.7 Å². The van der Waals surface area contributed by atoms with Gasteiger partial charge in [-0.3, -0.25) is 9.36 Å². The Morgan fingerprint density at radius 1 is 1.33 bits per heavy atom. The number of aromatic nitrogens is 4. The minimum absolute atomic E-state index is 0.172. The second kappa shape index (κ2) is 10.5. The van der Waals surface area contributed by atoms with E-state index in [2.05, 4.69) is 25.9 Å². The van der Waals surface area contributed by atoms with Crippen LogP contribution < -0.4 is 10.6 Å². The number of carbonyl (C=O) groups is 1. The van der Waals surface area contributed by atoms with Crippen molar-refractivity contribution in [3.8, 4) is 0 Å². The van der Waals surface area contributed by atoms with E-state index in [0.29, 0.717) is 11.2 Å². The Bertz CT molecular complexity index is 1160. The van der Waals surface area contributed by atoms with Crippen LogP contribution in [0.4, 0.5) is 5.69 Å². The molecule has 14 nitrogen and oxygen atoms in total. The highest BCUT2D eigenvalue weighted by molar-refractivity contribution is 7.53. The first-order chi connectivity index (χ1) is 16.9. The van der Waals surface area contributed by atoms with E-state index in [9.17, 15) is 29.4 Å². The third-order valence-corrected chi connectivity index (χ3v) is 8.35. The Kier molecular flexibility index (Phi) is 7.89. The molecule has 0 bridgehead atoms. The molecule has 1 unspecified atom stereocenters. The van der Waals surface area contributed by atoms with Crippen LogP contribution in [0.2, 0.25) is 5.15 Å². The minimum Gasteiger partial charge on any atom is -0.387 e. The highest BCUT2D eigenvalue weighted by Crippen LogP contribution is 2.53. The molecule has 2 aromatic rings. The van der Waals surface area contributed by atoms with Gasteiger partial charge in [-0.2, -0.15) is 4.68 Å². The van der Waals surface area contributed by atoms with Crippen molar-refractivity contribution in [3.05, 3.63) is 11.2 Å². The van der Waals surface area contributed by atoms with Crippen LogP contribution in [0.1, 0.15) is 45.3 Å². The van der Waals surface area contributed by atoms with Crippen LogP contribution in [-0.4, -0.2) is 89.2 Å². The number of carbonyl (C=O) groups excluding carboxylic acids is 1. The van der Waals surface area contributed by atoms with Crippen molar-refractivity contribution in [1.29, 1.82) is 0 Å². The summed E-state index contributed by atoms with van der Waals surface area (Å²) in [6.07, 6.45) is -1.77. The fourth-order valence-corrected chi connectivity index (χ4v) is 5.20. The fraction of sp³-hybridized carbons (Fsp3) is 0.700. The average molecular weight is 549 g/mol. The van der Waals surface area contributed by atoms with Crippen LogP contribution in [0.15, 0.2) is 6.07 Å². The monoisotopic (exact) mass is 548 g/mol. The summed E-state index contributed by atoms with van der Waals surface area (Å²) in [6, 6.07) is 1.92. The SMILES string of the molecule is CNC(=O)CC(C)(OC[C@H]1O[C@@H](n2nnc3c(NC4CCCC4)cc(Cl)nc32)[C@H](O)[C@@H]1O)P(=O)(O)O. The van der Waals surface area contributed by atoms with Crippen LogP contribution in [0, 0.1) is 0 Å². The number of anilines is 1. The van der Waals surface area contributed by atoms with Crippen LogP contribution >= 0.6 is 19.2 Å². The normalized spacial score (nSPS) is 26.9. The quantitative estimate of drug-likeness (QED) is 0.187. The van der Waals surface area contributed by atoms with Crippen molar-refractivity contribution >= 4 is 42.0 Å². The van der Waals surface area contributed by atoms with Crippen molar-refractivity contribution in [2.24, 2.45) is 0 Å². The number of aliphatic hydroxyl groups is 2. The summed E-state index contributed by atoms with van der Waals surface area (Å²) >= 11 is 6.24. The van der Waals surface area contributed by atoms with Gasteiger partial charge in [-0.05, 0) is 19.8 Å². The third kappa shape index (κ3) is 5.36. The molecule has 36 heavy (non-hydrogen) atoms. The van der Waals surface area contributed by atoms with Crippen molar-refractivity contribution in [2.75, 3.05) is 19.0 Å². The molecular weight excluding hydrogens is 519 g/mol. The lowest BCUT2D eigenvalue weighted by Crippen LogP contribution is -2.40. The van der Waals surface area contributed by atoms with Crippen molar-refractivity contribution in [1.82, 2.24) is 25.3 Å². The number of halogens is 1. The zero-order valence-electron chi connectivity index (χ0n) is 19.7. The number of amides is 1. The van der Waals surface area contributed by atoms with Crippen LogP contribution in [0.25, 0.3) is 11.2 Å². The molecule has 1 saturated carbocycles. The molecule has 16 heteroatoms. The summed E-state index contributed by atoms with van der Waals surface area (Å²) in [5.41, 5.74) is 1.28. The molecule has 0 radical (unpaired) electrons. The second-order valence-corrected chi connectivity index (χ2v) is 11.7. The summed E-state index contributed by atoms with van der Waals surface area (Å²) in [4.78, 5) is 35.6. The molecule has 5 atom stereocenters. The van der Waals surface area contributed by atoms with Crippen molar-refractivity contribution in [3.63, 3.8) is 0 Å². The van der Waals surface area contributed by atoms with Crippen LogP contribution in [0.3, 0.4) is 0 Å². The summed E-state index contributed by atoms with van der Waals surface area (Å²) < 4.78 is 24.4. The van der Waals surface area contributed by atoms with E-state index >= 15 is 0 Å². The van der Waals surface area contributed by atoms with Gasteiger partial charge in [-0.25, -0.2) is 4.98 Å². The lowest BCUT2D eigenvalue weighted by molar-refractivity contribution is -0.129. The number of hydrogen-bond donors (Lipinski definition) is 6. The van der Waals surface area contributed by atoms with Gasteiger partial charge in [-0.1, -0.05) is 29.7 Å². The molecule has 1 amide bonds. The molecule has 2 aromatic heterocycles. The van der Waals surface area contributed by atoms with Gasteiger partial charge in [0.05, 0.1) is 18.7 Å². The highest BCUT2D eigenvalue weighted by atomic mass is 35.5. The number of aliphatic hydroxyl groups excluding tert-OH is 2. The third-order valence-electron chi connectivity index (χ3n) is 6.64. The van der Waals surface area contributed by atoms with E-state index in [4.69, 9.17) is 21.1 Å². The van der Waals surface area contributed by atoms with E-state index in [1.54, 1.807) is 6.07 Å². The van der Waals surface area contributed by atoms with E-state index in [0.717, 1.165) is 32.6 Å². The van der Waals surface area contributed by atoms with Crippen molar-refractivity contribution < 1.29 is 38.8 Å². The van der Waals surface area contributed by atoms with Gasteiger partial charge in [0.1, 0.15) is 23.5 Å². The first-order valence-electron chi connectivity index (χ1n) is 11.5. The highest BCUT2D eigenvalue weighted by Gasteiger charge is 2.49.